The van der Waals surface area contributed by atoms with E-state index in [1.807, 2.05) is 0 Å². The Labute approximate surface area is 74.8 Å². The van der Waals surface area contributed by atoms with E-state index in [4.69, 9.17) is 34.1 Å². The molecule has 0 saturated heterocycles. The minimum atomic E-state index is -3.46. The molecule has 0 N–H and O–H groups in total. The number of alkyl halides is 1. The molecule has 0 spiro atoms. The van der Waals surface area contributed by atoms with Gasteiger partial charge in [-0.2, -0.15) is 0 Å². The average Bonchev–Trinajstić information content (AvgIpc) is 1.60. The Balaban J connectivity index is 3.80. The highest BCUT2D eigenvalue weighted by Gasteiger charge is 2.22. The standard InChI is InChI=1S/C4H8Cl3O2P/c1-3(2)4(5)9-10(6,7)8/h3-4H,1-2H3. The van der Waals surface area contributed by atoms with Gasteiger partial charge >= 0.3 is 6.07 Å². The summed E-state index contributed by atoms with van der Waals surface area (Å²) in [6.07, 6.45) is -3.46. The second kappa shape index (κ2) is 4.18. The van der Waals surface area contributed by atoms with Crippen LogP contribution in [0.3, 0.4) is 0 Å². The van der Waals surface area contributed by atoms with E-state index in [1.165, 1.54) is 0 Å². The third-order valence-corrected chi connectivity index (χ3v) is 2.42. The number of hydrogen-bond acceptors (Lipinski definition) is 2. The Bertz CT molecular complexity index is 143. The van der Waals surface area contributed by atoms with Gasteiger partial charge in [0.25, 0.3) is 0 Å². The molecule has 2 nitrogen and oxygen atoms in total. The predicted octanol–water partition coefficient (Wildman–Crippen LogP) is 3.81. The molecule has 6 heteroatoms. The van der Waals surface area contributed by atoms with E-state index in [0.717, 1.165) is 0 Å². The van der Waals surface area contributed by atoms with Gasteiger partial charge in [0.2, 0.25) is 0 Å². The van der Waals surface area contributed by atoms with Gasteiger partial charge in [-0.05, 0) is 28.4 Å². The van der Waals surface area contributed by atoms with Crippen LogP contribution >= 0.6 is 40.2 Å². The van der Waals surface area contributed by atoms with E-state index in [2.05, 4.69) is 4.52 Å². The fourth-order valence-electron chi connectivity index (χ4n) is 0.239. The molecule has 0 aliphatic carbocycles. The SMILES string of the molecule is CC(C)C(Cl)OP(=O)(Cl)Cl. The topological polar surface area (TPSA) is 26.3 Å². The molecule has 0 rings (SSSR count). The van der Waals surface area contributed by atoms with Crippen molar-refractivity contribution >= 4 is 40.2 Å². The molecule has 0 heterocycles. The number of rotatable bonds is 3. The fourth-order valence-corrected chi connectivity index (χ4v) is 1.81. The van der Waals surface area contributed by atoms with Crippen LogP contribution in [0.5, 0.6) is 0 Å². The average molecular weight is 225 g/mol. The quantitative estimate of drug-likeness (QED) is 0.539. The number of halogens is 3. The first kappa shape index (κ1) is 11.1. The fraction of sp³-hybridized carbons (Fsp3) is 1.00. The van der Waals surface area contributed by atoms with Crippen molar-refractivity contribution < 1.29 is 9.09 Å². The Morgan fingerprint density at radius 1 is 1.40 bits per heavy atom. The molecule has 0 aliphatic rings. The lowest BCUT2D eigenvalue weighted by Gasteiger charge is -2.13. The van der Waals surface area contributed by atoms with Crippen LogP contribution in [0.25, 0.3) is 0 Å². The Morgan fingerprint density at radius 2 is 1.80 bits per heavy atom. The zero-order chi connectivity index (χ0) is 8.36. The second-order valence-electron chi connectivity index (χ2n) is 2.12. The summed E-state index contributed by atoms with van der Waals surface area (Å²) in [5.41, 5.74) is -0.694. The van der Waals surface area contributed by atoms with Gasteiger partial charge in [-0.15, -0.1) is 0 Å². The lowest BCUT2D eigenvalue weighted by Crippen LogP contribution is -2.08. The molecule has 0 aromatic carbocycles. The van der Waals surface area contributed by atoms with Gasteiger partial charge < -0.3 is 0 Å². The van der Waals surface area contributed by atoms with Gasteiger partial charge in [-0.25, -0.2) is 0 Å². The summed E-state index contributed by atoms with van der Waals surface area (Å²) in [7, 11) is 0. The van der Waals surface area contributed by atoms with Crippen molar-refractivity contribution in [3.8, 4) is 0 Å². The number of hydrogen-bond donors (Lipinski definition) is 0. The van der Waals surface area contributed by atoms with Crippen LogP contribution < -0.4 is 0 Å². The zero-order valence-electron chi connectivity index (χ0n) is 5.55. The van der Waals surface area contributed by atoms with Crippen molar-refractivity contribution in [3.63, 3.8) is 0 Å². The maximum Gasteiger partial charge on any atom is 0.381 e. The summed E-state index contributed by atoms with van der Waals surface area (Å²) < 4.78 is 15.1. The first-order chi connectivity index (χ1) is 4.33. The molecule has 62 valence electrons. The Morgan fingerprint density at radius 3 is 1.90 bits per heavy atom. The molecule has 0 bridgehead atoms. The first-order valence-electron chi connectivity index (χ1n) is 2.65. The van der Waals surface area contributed by atoms with Crippen molar-refractivity contribution in [2.24, 2.45) is 5.92 Å². The summed E-state index contributed by atoms with van der Waals surface area (Å²) in [6, 6.07) is 0. The summed E-state index contributed by atoms with van der Waals surface area (Å²) >= 11 is 15.7. The summed E-state index contributed by atoms with van der Waals surface area (Å²) in [5.74, 6) is 0.0347. The lowest BCUT2D eigenvalue weighted by molar-refractivity contribution is 0.245. The van der Waals surface area contributed by atoms with Crippen LogP contribution in [0.2, 0.25) is 0 Å². The molecule has 10 heavy (non-hydrogen) atoms. The zero-order valence-corrected chi connectivity index (χ0v) is 8.71. The molecule has 0 fully saturated rings. The summed E-state index contributed by atoms with van der Waals surface area (Å²) in [4.78, 5) is 0. The van der Waals surface area contributed by atoms with Crippen LogP contribution in [0.15, 0.2) is 0 Å². The normalized spacial score (nSPS) is 15.8. The van der Waals surface area contributed by atoms with E-state index < -0.39 is 11.6 Å². The van der Waals surface area contributed by atoms with E-state index in [1.54, 1.807) is 13.8 Å². The Kier molecular flexibility index (Phi) is 4.62. The van der Waals surface area contributed by atoms with Crippen LogP contribution in [-0.2, 0) is 9.09 Å². The van der Waals surface area contributed by atoms with E-state index >= 15 is 0 Å². The highest BCUT2D eigenvalue weighted by Crippen LogP contribution is 2.59. The molecule has 0 aliphatic heterocycles. The molecule has 0 amide bonds. The molecule has 0 aromatic rings. The first-order valence-corrected chi connectivity index (χ1v) is 6.52. The van der Waals surface area contributed by atoms with Crippen LogP contribution in [-0.4, -0.2) is 5.56 Å². The summed E-state index contributed by atoms with van der Waals surface area (Å²) in [5, 5.41) is 0. The molecule has 0 radical (unpaired) electrons. The van der Waals surface area contributed by atoms with E-state index in [-0.39, 0.29) is 5.92 Å². The smallest absolute Gasteiger partial charge is 0.286 e. The minimum absolute atomic E-state index is 0.0347. The highest BCUT2D eigenvalue weighted by atomic mass is 35.9. The van der Waals surface area contributed by atoms with Crippen molar-refractivity contribution in [3.05, 3.63) is 0 Å². The highest BCUT2D eigenvalue weighted by molar-refractivity contribution is 8.05. The van der Waals surface area contributed by atoms with Crippen LogP contribution in [0, 0.1) is 5.92 Å². The maximum atomic E-state index is 10.6. The van der Waals surface area contributed by atoms with Crippen LogP contribution in [0.1, 0.15) is 13.8 Å². The molecule has 1 atom stereocenters. The molecular weight excluding hydrogens is 217 g/mol. The molecular formula is C4H8Cl3O2P. The van der Waals surface area contributed by atoms with Gasteiger partial charge in [0, 0.05) is 0 Å². The lowest BCUT2D eigenvalue weighted by atomic mass is 10.2. The largest absolute Gasteiger partial charge is 0.381 e. The monoisotopic (exact) mass is 224 g/mol. The van der Waals surface area contributed by atoms with E-state index in [0.29, 0.717) is 0 Å². The van der Waals surface area contributed by atoms with Gasteiger partial charge in [-0.3, -0.25) is 9.09 Å². The second-order valence-corrected chi connectivity index (χ2v) is 6.77. The third-order valence-electron chi connectivity index (χ3n) is 0.748. The van der Waals surface area contributed by atoms with Gasteiger partial charge in [0.15, 0.2) is 0 Å². The van der Waals surface area contributed by atoms with Crippen molar-refractivity contribution in [1.29, 1.82) is 0 Å². The van der Waals surface area contributed by atoms with Crippen molar-refractivity contribution in [2.75, 3.05) is 0 Å². The molecule has 0 aromatic heterocycles. The van der Waals surface area contributed by atoms with Crippen molar-refractivity contribution in [2.45, 2.75) is 19.4 Å². The maximum absolute atomic E-state index is 10.6. The van der Waals surface area contributed by atoms with Gasteiger partial charge in [-0.1, -0.05) is 25.4 Å². The minimum Gasteiger partial charge on any atom is -0.286 e. The van der Waals surface area contributed by atoms with Crippen LogP contribution in [0.4, 0.5) is 0 Å². The van der Waals surface area contributed by atoms with Gasteiger partial charge in [0.1, 0.15) is 5.56 Å². The third kappa shape index (κ3) is 5.82. The summed E-state index contributed by atoms with van der Waals surface area (Å²) in [6.45, 7) is 3.61. The Hall–Kier alpha value is 1.06. The molecule has 0 saturated carbocycles. The molecule has 1 unspecified atom stereocenters. The van der Waals surface area contributed by atoms with E-state index in [9.17, 15) is 4.57 Å². The van der Waals surface area contributed by atoms with Crippen molar-refractivity contribution in [1.82, 2.24) is 0 Å². The predicted molar refractivity (Wildman–Crippen MR) is 44.9 cm³/mol. The van der Waals surface area contributed by atoms with Gasteiger partial charge in [0.05, 0.1) is 0 Å².